The third kappa shape index (κ3) is 3.95. The number of carbonyl (C=O) groups is 1. The van der Waals surface area contributed by atoms with Gasteiger partial charge in [0, 0.05) is 11.1 Å². The molecule has 0 spiro atoms. The first-order valence-electron chi connectivity index (χ1n) is 6.55. The van der Waals surface area contributed by atoms with Crippen molar-refractivity contribution in [3.05, 3.63) is 57.8 Å². The first-order chi connectivity index (χ1) is 10.1. The van der Waals surface area contributed by atoms with Gasteiger partial charge in [0.1, 0.15) is 11.4 Å². The Morgan fingerprint density at radius 3 is 2.81 bits per heavy atom. The Kier molecular flexibility index (Phi) is 5.16. The van der Waals surface area contributed by atoms with Crippen molar-refractivity contribution in [3.8, 4) is 0 Å². The van der Waals surface area contributed by atoms with E-state index in [1.807, 2.05) is 31.2 Å². The van der Waals surface area contributed by atoms with Gasteiger partial charge in [-0.25, -0.2) is 9.78 Å². The van der Waals surface area contributed by atoms with Crippen LogP contribution in [0.3, 0.4) is 0 Å². The number of nitrogens with one attached hydrogen (secondary N) is 1. The molecule has 110 valence electrons. The number of ether oxygens (including phenoxy) is 1. The lowest BCUT2D eigenvalue weighted by Gasteiger charge is -2.05. The lowest BCUT2D eigenvalue weighted by molar-refractivity contribution is 0.0523. The molecule has 6 heteroatoms. The third-order valence-corrected chi connectivity index (χ3v) is 3.99. The van der Waals surface area contributed by atoms with Crippen LogP contribution in [-0.4, -0.2) is 22.5 Å². The number of aromatic amines is 1. The summed E-state index contributed by atoms with van der Waals surface area (Å²) in [5, 5.41) is 0. The average Bonchev–Trinajstić information content (AvgIpc) is 2.46. The molecule has 0 unspecified atom stereocenters. The Morgan fingerprint density at radius 2 is 2.14 bits per heavy atom. The largest absolute Gasteiger partial charge is 0.462 e. The Labute approximate surface area is 126 Å². The molecule has 0 bridgehead atoms. The molecule has 1 aromatic carbocycles. The number of benzene rings is 1. The van der Waals surface area contributed by atoms with Gasteiger partial charge in [-0.3, -0.25) is 4.79 Å². The molecule has 2 aromatic rings. The molecular formula is C15H16N2O3S. The van der Waals surface area contributed by atoms with Crippen LogP contribution in [0.2, 0.25) is 0 Å². The van der Waals surface area contributed by atoms with E-state index < -0.39 is 11.5 Å². The lowest BCUT2D eigenvalue weighted by atomic mass is 10.2. The van der Waals surface area contributed by atoms with Gasteiger partial charge in [-0.15, -0.1) is 11.8 Å². The van der Waals surface area contributed by atoms with Crippen molar-refractivity contribution in [2.24, 2.45) is 0 Å². The molecule has 2 rings (SSSR count). The Balaban J connectivity index is 2.09. The van der Waals surface area contributed by atoms with Gasteiger partial charge in [-0.2, -0.15) is 0 Å². The molecule has 0 saturated heterocycles. The van der Waals surface area contributed by atoms with Crippen molar-refractivity contribution < 1.29 is 9.53 Å². The van der Waals surface area contributed by atoms with E-state index in [1.165, 1.54) is 11.8 Å². The van der Waals surface area contributed by atoms with E-state index in [4.69, 9.17) is 4.74 Å². The summed E-state index contributed by atoms with van der Waals surface area (Å²) in [6.07, 6.45) is 1.27. The van der Waals surface area contributed by atoms with Crippen molar-refractivity contribution in [3.63, 3.8) is 0 Å². The van der Waals surface area contributed by atoms with Crippen LogP contribution in [0.5, 0.6) is 0 Å². The van der Waals surface area contributed by atoms with Gasteiger partial charge in [-0.05, 0) is 25.5 Å². The maximum absolute atomic E-state index is 11.8. The van der Waals surface area contributed by atoms with Gasteiger partial charge in [0.15, 0.2) is 0 Å². The quantitative estimate of drug-likeness (QED) is 0.679. The highest BCUT2D eigenvalue weighted by atomic mass is 32.2. The zero-order valence-electron chi connectivity index (χ0n) is 11.9. The topological polar surface area (TPSA) is 72.0 Å². The molecule has 0 radical (unpaired) electrons. The van der Waals surface area contributed by atoms with E-state index in [1.54, 1.807) is 18.7 Å². The fourth-order valence-electron chi connectivity index (χ4n) is 1.72. The molecule has 0 fully saturated rings. The molecule has 1 aromatic heterocycles. The zero-order valence-corrected chi connectivity index (χ0v) is 12.7. The minimum absolute atomic E-state index is 0.0681. The van der Waals surface area contributed by atoms with Crippen LogP contribution in [0, 0.1) is 6.92 Å². The van der Waals surface area contributed by atoms with Crippen molar-refractivity contribution in [1.82, 2.24) is 9.97 Å². The van der Waals surface area contributed by atoms with Gasteiger partial charge in [0.25, 0.3) is 5.56 Å². The second-order valence-corrected chi connectivity index (χ2v) is 5.36. The van der Waals surface area contributed by atoms with E-state index in [2.05, 4.69) is 9.97 Å². The highest BCUT2D eigenvalue weighted by Crippen LogP contribution is 2.24. The summed E-state index contributed by atoms with van der Waals surface area (Å²) in [6, 6.07) is 8.00. The summed E-state index contributed by atoms with van der Waals surface area (Å²) in [5.41, 5.74) is 0.637. The predicted octanol–water partition coefficient (Wildman–Crippen LogP) is 2.55. The molecule has 0 aliphatic carbocycles. The molecule has 0 atom stereocenters. The highest BCUT2D eigenvalue weighted by molar-refractivity contribution is 7.98. The summed E-state index contributed by atoms with van der Waals surface area (Å²) in [4.78, 5) is 31.2. The number of aromatic nitrogens is 2. The maximum atomic E-state index is 11.8. The SMILES string of the molecule is CCOC(=O)c1cnc(CSc2ccccc2C)[nH]c1=O. The number of H-pyrrole nitrogens is 1. The smallest absolute Gasteiger partial charge is 0.345 e. The molecule has 0 aliphatic heterocycles. The minimum Gasteiger partial charge on any atom is -0.462 e. The van der Waals surface area contributed by atoms with Crippen LogP contribution in [-0.2, 0) is 10.5 Å². The summed E-state index contributed by atoms with van der Waals surface area (Å²) >= 11 is 1.58. The zero-order chi connectivity index (χ0) is 15.2. The van der Waals surface area contributed by atoms with Gasteiger partial charge in [0.05, 0.1) is 12.4 Å². The lowest BCUT2D eigenvalue weighted by Crippen LogP contribution is -2.21. The number of aryl methyl sites for hydroxylation is 1. The molecule has 1 heterocycles. The fraction of sp³-hybridized carbons (Fsp3) is 0.267. The number of hydrogen-bond acceptors (Lipinski definition) is 5. The number of esters is 1. The van der Waals surface area contributed by atoms with Crippen molar-refractivity contribution in [1.29, 1.82) is 0 Å². The number of nitrogens with zero attached hydrogens (tertiary/aromatic N) is 1. The van der Waals surface area contributed by atoms with Gasteiger partial charge in [-0.1, -0.05) is 18.2 Å². The average molecular weight is 304 g/mol. The van der Waals surface area contributed by atoms with Gasteiger partial charge < -0.3 is 9.72 Å². The van der Waals surface area contributed by atoms with E-state index in [0.29, 0.717) is 11.6 Å². The summed E-state index contributed by atoms with van der Waals surface area (Å²) in [5.74, 6) is 0.411. The number of carbonyl (C=O) groups excluding carboxylic acids is 1. The van der Waals surface area contributed by atoms with E-state index >= 15 is 0 Å². The molecule has 5 nitrogen and oxygen atoms in total. The van der Waals surface area contributed by atoms with Crippen LogP contribution in [0.4, 0.5) is 0 Å². The molecule has 0 aliphatic rings. The molecule has 21 heavy (non-hydrogen) atoms. The minimum atomic E-state index is -0.649. The van der Waals surface area contributed by atoms with E-state index in [9.17, 15) is 9.59 Å². The van der Waals surface area contributed by atoms with Gasteiger partial charge >= 0.3 is 5.97 Å². The Bertz CT molecular complexity index is 697. The van der Waals surface area contributed by atoms with E-state index in [-0.39, 0.29) is 12.2 Å². The number of hydrogen-bond donors (Lipinski definition) is 1. The molecule has 0 saturated carbocycles. The van der Waals surface area contributed by atoms with Crippen LogP contribution in [0.15, 0.2) is 40.2 Å². The van der Waals surface area contributed by atoms with Crippen LogP contribution in [0.1, 0.15) is 28.7 Å². The molecular weight excluding hydrogens is 288 g/mol. The molecule has 1 N–H and O–H groups in total. The third-order valence-electron chi connectivity index (χ3n) is 2.81. The Hall–Kier alpha value is -2.08. The van der Waals surface area contributed by atoms with Crippen molar-refractivity contribution >= 4 is 17.7 Å². The van der Waals surface area contributed by atoms with Crippen molar-refractivity contribution in [2.45, 2.75) is 24.5 Å². The first-order valence-corrected chi connectivity index (χ1v) is 7.54. The highest BCUT2D eigenvalue weighted by Gasteiger charge is 2.12. The van der Waals surface area contributed by atoms with Crippen LogP contribution >= 0.6 is 11.8 Å². The standard InChI is InChI=1S/C15H16N2O3S/c1-3-20-15(19)11-8-16-13(17-14(11)18)9-21-12-7-5-4-6-10(12)2/h4-8H,3,9H2,1-2H3,(H,16,17,18). The second kappa shape index (κ2) is 7.08. The first kappa shape index (κ1) is 15.3. The van der Waals surface area contributed by atoms with Gasteiger partial charge in [0.2, 0.25) is 0 Å². The van der Waals surface area contributed by atoms with Crippen LogP contribution < -0.4 is 5.56 Å². The predicted molar refractivity (Wildman–Crippen MR) is 81.6 cm³/mol. The monoisotopic (exact) mass is 304 g/mol. The summed E-state index contributed by atoms with van der Waals surface area (Å²) in [7, 11) is 0. The van der Waals surface area contributed by atoms with E-state index in [0.717, 1.165) is 4.90 Å². The van der Waals surface area contributed by atoms with Crippen molar-refractivity contribution in [2.75, 3.05) is 6.61 Å². The fourth-order valence-corrected chi connectivity index (χ4v) is 2.63. The van der Waals surface area contributed by atoms with Crippen LogP contribution in [0.25, 0.3) is 0 Å². The summed E-state index contributed by atoms with van der Waals surface area (Å²) in [6.45, 7) is 3.94. The molecule has 0 amide bonds. The summed E-state index contributed by atoms with van der Waals surface area (Å²) < 4.78 is 4.79. The number of rotatable bonds is 5. The Morgan fingerprint density at radius 1 is 1.38 bits per heavy atom. The second-order valence-electron chi connectivity index (χ2n) is 4.35. The maximum Gasteiger partial charge on any atom is 0.345 e. The normalized spacial score (nSPS) is 10.4. The number of thioether (sulfide) groups is 1.